The smallest absolute Gasteiger partial charge is 0.306 e. The van der Waals surface area contributed by atoms with Crippen LogP contribution in [0.1, 0.15) is 53.9 Å². The monoisotopic (exact) mass is 253 g/mol. The number of nitrogens with one attached hydrogen (secondary N) is 1. The highest BCUT2D eigenvalue weighted by atomic mass is 19.4. The lowest BCUT2D eigenvalue weighted by Crippen LogP contribution is -2.46. The van der Waals surface area contributed by atoms with Crippen LogP contribution in [-0.2, 0) is 0 Å². The molecule has 0 bridgehead atoms. The molecular weight excluding hydrogens is 227 g/mol. The fraction of sp³-hybridized carbons (Fsp3) is 1.00. The van der Waals surface area contributed by atoms with Crippen LogP contribution < -0.4 is 5.32 Å². The second-order valence-corrected chi connectivity index (χ2v) is 5.56. The lowest BCUT2D eigenvalue weighted by atomic mass is 9.75. The predicted molar refractivity (Wildman–Crippen MR) is 66.0 cm³/mol. The van der Waals surface area contributed by atoms with Gasteiger partial charge in [-0.25, -0.2) is 0 Å². The van der Waals surface area contributed by atoms with E-state index in [0.29, 0.717) is 12.5 Å². The molecular formula is C13H26F3N. The van der Waals surface area contributed by atoms with Gasteiger partial charge < -0.3 is 5.32 Å². The van der Waals surface area contributed by atoms with Gasteiger partial charge >= 0.3 is 6.18 Å². The summed E-state index contributed by atoms with van der Waals surface area (Å²) < 4.78 is 37.2. The quantitative estimate of drug-likeness (QED) is 0.710. The first kappa shape index (κ1) is 16.8. The summed E-state index contributed by atoms with van der Waals surface area (Å²) in [5.41, 5.74) is -0.0600. The molecule has 0 aromatic heterocycles. The Bertz CT molecular complexity index is 213. The number of halogens is 3. The van der Waals surface area contributed by atoms with Crippen molar-refractivity contribution < 1.29 is 13.2 Å². The first-order chi connectivity index (χ1) is 7.63. The topological polar surface area (TPSA) is 12.0 Å². The van der Waals surface area contributed by atoms with Gasteiger partial charge in [-0.2, -0.15) is 13.2 Å². The van der Waals surface area contributed by atoms with E-state index in [-0.39, 0.29) is 5.41 Å². The van der Waals surface area contributed by atoms with Crippen molar-refractivity contribution in [2.24, 2.45) is 11.3 Å². The van der Waals surface area contributed by atoms with Crippen LogP contribution in [0.4, 0.5) is 13.2 Å². The van der Waals surface area contributed by atoms with E-state index in [2.05, 4.69) is 33.0 Å². The Morgan fingerprint density at radius 2 is 1.65 bits per heavy atom. The van der Waals surface area contributed by atoms with Gasteiger partial charge in [0.1, 0.15) is 6.04 Å². The van der Waals surface area contributed by atoms with Crippen LogP contribution in [0.5, 0.6) is 0 Å². The largest absolute Gasteiger partial charge is 0.403 e. The second kappa shape index (κ2) is 6.62. The summed E-state index contributed by atoms with van der Waals surface area (Å²) in [6.07, 6.45) is -1.03. The van der Waals surface area contributed by atoms with Crippen molar-refractivity contribution in [1.82, 2.24) is 5.32 Å². The van der Waals surface area contributed by atoms with Crippen molar-refractivity contribution in [1.29, 1.82) is 0 Å². The molecule has 0 aliphatic heterocycles. The Hall–Kier alpha value is -0.250. The second-order valence-electron chi connectivity index (χ2n) is 5.56. The number of hydrogen-bond donors (Lipinski definition) is 1. The Labute approximate surface area is 103 Å². The summed E-state index contributed by atoms with van der Waals surface area (Å²) in [5, 5.41) is 2.63. The molecule has 0 spiro atoms. The van der Waals surface area contributed by atoms with Gasteiger partial charge in [-0.1, -0.05) is 40.5 Å². The molecule has 4 heteroatoms. The van der Waals surface area contributed by atoms with Crippen molar-refractivity contribution in [2.75, 3.05) is 6.54 Å². The molecule has 0 fully saturated rings. The summed E-state index contributed by atoms with van der Waals surface area (Å²) in [7, 11) is 0. The van der Waals surface area contributed by atoms with E-state index in [1.54, 1.807) is 0 Å². The third-order valence-electron chi connectivity index (χ3n) is 3.80. The molecule has 104 valence electrons. The molecule has 1 nitrogen and oxygen atoms in total. The summed E-state index contributed by atoms with van der Waals surface area (Å²) in [5.74, 6) is 0.377. The average molecular weight is 253 g/mol. The number of hydrogen-bond acceptors (Lipinski definition) is 1. The van der Waals surface area contributed by atoms with Gasteiger partial charge in [-0.05, 0) is 24.7 Å². The van der Waals surface area contributed by atoms with Gasteiger partial charge in [0.05, 0.1) is 0 Å². The summed E-state index contributed by atoms with van der Waals surface area (Å²) in [6.45, 7) is 9.94. The van der Waals surface area contributed by atoms with Gasteiger partial charge in [-0.3, -0.25) is 0 Å². The SMILES string of the molecule is CCCCC(C)(CN[C@@H](C)C(F)(F)F)C(C)C. The molecule has 0 radical (unpaired) electrons. The maximum atomic E-state index is 12.4. The van der Waals surface area contributed by atoms with E-state index in [1.165, 1.54) is 6.92 Å². The Morgan fingerprint density at radius 3 is 2.00 bits per heavy atom. The minimum Gasteiger partial charge on any atom is -0.306 e. The Balaban J connectivity index is 4.36. The highest BCUT2D eigenvalue weighted by molar-refractivity contribution is 4.82. The summed E-state index contributed by atoms with van der Waals surface area (Å²) >= 11 is 0. The highest BCUT2D eigenvalue weighted by Crippen LogP contribution is 2.33. The minimum absolute atomic E-state index is 0.0600. The standard InChI is InChI=1S/C13H26F3N/c1-6-7-8-12(5,10(2)3)9-17-11(4)13(14,15)16/h10-11,17H,6-9H2,1-5H3/t11-,12?/m0/s1. The predicted octanol–water partition coefficient (Wildman–Crippen LogP) is 4.38. The number of alkyl halides is 3. The fourth-order valence-electron chi connectivity index (χ4n) is 1.66. The van der Waals surface area contributed by atoms with E-state index in [1.807, 2.05) is 0 Å². The Kier molecular flexibility index (Phi) is 6.52. The van der Waals surface area contributed by atoms with Crippen LogP contribution in [0.25, 0.3) is 0 Å². The van der Waals surface area contributed by atoms with E-state index >= 15 is 0 Å². The molecule has 0 saturated heterocycles. The molecule has 0 aliphatic rings. The van der Waals surface area contributed by atoms with Gasteiger partial charge in [-0.15, -0.1) is 0 Å². The third kappa shape index (κ3) is 5.75. The van der Waals surface area contributed by atoms with Gasteiger partial charge in [0, 0.05) is 6.54 Å². The van der Waals surface area contributed by atoms with Gasteiger partial charge in [0.2, 0.25) is 0 Å². The van der Waals surface area contributed by atoms with Gasteiger partial charge in [0.15, 0.2) is 0 Å². The van der Waals surface area contributed by atoms with Gasteiger partial charge in [0.25, 0.3) is 0 Å². The van der Waals surface area contributed by atoms with E-state index in [0.717, 1.165) is 19.3 Å². The van der Waals surface area contributed by atoms with Crippen molar-refractivity contribution >= 4 is 0 Å². The molecule has 1 unspecified atom stereocenters. The van der Waals surface area contributed by atoms with Crippen LogP contribution in [0.3, 0.4) is 0 Å². The molecule has 0 aromatic rings. The van der Waals surface area contributed by atoms with Crippen molar-refractivity contribution in [3.63, 3.8) is 0 Å². The lowest BCUT2D eigenvalue weighted by molar-refractivity contribution is -0.153. The molecule has 2 atom stereocenters. The first-order valence-corrected chi connectivity index (χ1v) is 6.43. The zero-order chi connectivity index (χ0) is 13.7. The maximum Gasteiger partial charge on any atom is 0.403 e. The summed E-state index contributed by atoms with van der Waals surface area (Å²) in [6, 6.07) is -1.43. The number of unbranched alkanes of at least 4 members (excludes halogenated alkanes) is 1. The molecule has 0 rings (SSSR count). The average Bonchev–Trinajstić information content (AvgIpc) is 2.21. The zero-order valence-corrected chi connectivity index (χ0v) is 11.6. The molecule has 17 heavy (non-hydrogen) atoms. The lowest BCUT2D eigenvalue weighted by Gasteiger charge is -2.35. The Morgan fingerprint density at radius 1 is 1.12 bits per heavy atom. The van der Waals surface area contributed by atoms with Crippen molar-refractivity contribution in [3.8, 4) is 0 Å². The molecule has 0 heterocycles. The van der Waals surface area contributed by atoms with Crippen LogP contribution in [0, 0.1) is 11.3 Å². The molecule has 0 aliphatic carbocycles. The molecule has 0 saturated carbocycles. The maximum absolute atomic E-state index is 12.4. The molecule has 0 amide bonds. The first-order valence-electron chi connectivity index (χ1n) is 6.43. The van der Waals surface area contributed by atoms with Crippen LogP contribution in [-0.4, -0.2) is 18.8 Å². The van der Waals surface area contributed by atoms with E-state index in [9.17, 15) is 13.2 Å². The minimum atomic E-state index is -4.15. The number of rotatable bonds is 7. The zero-order valence-electron chi connectivity index (χ0n) is 11.6. The van der Waals surface area contributed by atoms with E-state index < -0.39 is 12.2 Å². The normalized spacial score (nSPS) is 18.2. The van der Waals surface area contributed by atoms with E-state index in [4.69, 9.17) is 0 Å². The van der Waals surface area contributed by atoms with Crippen molar-refractivity contribution in [3.05, 3.63) is 0 Å². The summed E-state index contributed by atoms with van der Waals surface area (Å²) in [4.78, 5) is 0. The highest BCUT2D eigenvalue weighted by Gasteiger charge is 2.37. The fourth-order valence-corrected chi connectivity index (χ4v) is 1.66. The van der Waals surface area contributed by atoms with Crippen LogP contribution in [0.2, 0.25) is 0 Å². The van der Waals surface area contributed by atoms with Crippen LogP contribution >= 0.6 is 0 Å². The molecule has 1 N–H and O–H groups in total. The van der Waals surface area contributed by atoms with Crippen molar-refractivity contribution in [2.45, 2.75) is 66.1 Å². The third-order valence-corrected chi connectivity index (χ3v) is 3.80. The molecule has 0 aromatic carbocycles. The van der Waals surface area contributed by atoms with Crippen LogP contribution in [0.15, 0.2) is 0 Å².